The minimum absolute atomic E-state index is 0.0747. The number of carbonyl (C=O) groups excluding carboxylic acids is 1. The summed E-state index contributed by atoms with van der Waals surface area (Å²) in [5, 5.41) is 9.00. The van der Waals surface area contributed by atoms with Gasteiger partial charge in [0.2, 0.25) is 5.91 Å². The zero-order valence-electron chi connectivity index (χ0n) is 19.1. The number of rotatable bonds is 5. The van der Waals surface area contributed by atoms with Gasteiger partial charge in [0.05, 0.1) is 11.6 Å². The van der Waals surface area contributed by atoms with E-state index in [9.17, 15) is 13.2 Å². The van der Waals surface area contributed by atoms with Gasteiger partial charge in [-0.1, -0.05) is 12.1 Å². The van der Waals surface area contributed by atoms with Crippen LogP contribution >= 0.6 is 0 Å². The Morgan fingerprint density at radius 1 is 1.09 bits per heavy atom. The normalized spacial score (nSPS) is 18.9. The van der Waals surface area contributed by atoms with Crippen molar-refractivity contribution in [3.63, 3.8) is 0 Å². The number of nitriles is 1. The van der Waals surface area contributed by atoms with E-state index in [-0.39, 0.29) is 16.9 Å². The third-order valence-corrected chi connectivity index (χ3v) is 8.44. The van der Waals surface area contributed by atoms with Crippen LogP contribution in [0.2, 0.25) is 0 Å². The molecule has 2 fully saturated rings. The van der Waals surface area contributed by atoms with Gasteiger partial charge < -0.3 is 9.47 Å². The van der Waals surface area contributed by atoms with Crippen LogP contribution in [-0.4, -0.2) is 77.2 Å². The van der Waals surface area contributed by atoms with Gasteiger partial charge >= 0.3 is 0 Å². The highest BCUT2D eigenvalue weighted by atomic mass is 32.2. The predicted molar refractivity (Wildman–Crippen MR) is 122 cm³/mol. The Morgan fingerprint density at radius 2 is 1.73 bits per heavy atom. The maximum Gasteiger partial charge on any atom is 0.262 e. The van der Waals surface area contributed by atoms with E-state index < -0.39 is 10.0 Å². The van der Waals surface area contributed by atoms with Crippen LogP contribution in [0.25, 0.3) is 0 Å². The molecule has 2 saturated heterocycles. The molecule has 0 spiro atoms. The summed E-state index contributed by atoms with van der Waals surface area (Å²) in [5.41, 5.74) is 1.81. The van der Waals surface area contributed by atoms with Crippen molar-refractivity contribution in [3.05, 3.63) is 47.4 Å². The third-order valence-electron chi connectivity index (χ3n) is 6.67. The molecule has 10 heteroatoms. The molecular formula is C23H30N6O3S. The number of sulfonamides is 1. The third kappa shape index (κ3) is 5.11. The second-order valence-corrected chi connectivity index (χ2v) is 10.7. The van der Waals surface area contributed by atoms with Crippen LogP contribution in [0.15, 0.2) is 35.5 Å². The van der Waals surface area contributed by atoms with E-state index >= 15 is 0 Å². The highest BCUT2D eigenvalue weighted by Gasteiger charge is 2.35. The second kappa shape index (κ2) is 9.63. The quantitative estimate of drug-likeness (QED) is 0.654. The van der Waals surface area contributed by atoms with Crippen LogP contribution in [0.1, 0.15) is 29.8 Å². The molecular weight excluding hydrogens is 440 g/mol. The van der Waals surface area contributed by atoms with Crippen LogP contribution in [0, 0.1) is 24.2 Å². The van der Waals surface area contributed by atoms with E-state index in [0.29, 0.717) is 50.4 Å². The molecule has 0 aliphatic carbocycles. The maximum atomic E-state index is 13.1. The average molecular weight is 471 g/mol. The highest BCUT2D eigenvalue weighted by molar-refractivity contribution is 7.89. The number of imidazole rings is 1. The van der Waals surface area contributed by atoms with Crippen molar-refractivity contribution in [2.45, 2.75) is 31.3 Å². The fourth-order valence-electron chi connectivity index (χ4n) is 4.45. The van der Waals surface area contributed by atoms with Crippen LogP contribution in [0.5, 0.6) is 0 Å². The number of aryl methyl sites for hydroxylation is 2. The highest BCUT2D eigenvalue weighted by Crippen LogP contribution is 2.25. The fourth-order valence-corrected chi connectivity index (χ4v) is 5.95. The minimum atomic E-state index is -3.63. The first kappa shape index (κ1) is 23.4. The van der Waals surface area contributed by atoms with Gasteiger partial charge in [-0.3, -0.25) is 9.69 Å². The Kier molecular flexibility index (Phi) is 6.83. The first-order valence-electron chi connectivity index (χ1n) is 11.3. The monoisotopic (exact) mass is 470 g/mol. The van der Waals surface area contributed by atoms with Gasteiger partial charge in [0.1, 0.15) is 5.82 Å². The number of benzene rings is 1. The summed E-state index contributed by atoms with van der Waals surface area (Å²) in [6, 6.07) is 9.74. The van der Waals surface area contributed by atoms with Crippen LogP contribution in [-0.2, 0) is 28.4 Å². The largest absolute Gasteiger partial charge is 0.340 e. The summed E-state index contributed by atoms with van der Waals surface area (Å²) in [6.45, 7) is 6.22. The van der Waals surface area contributed by atoms with Crippen molar-refractivity contribution >= 4 is 15.9 Å². The molecule has 0 N–H and O–H groups in total. The molecule has 3 heterocycles. The number of aromatic nitrogens is 2. The number of hydrogen-bond donors (Lipinski definition) is 0. The summed E-state index contributed by atoms with van der Waals surface area (Å²) >= 11 is 0. The van der Waals surface area contributed by atoms with Gasteiger partial charge in [-0.05, 0) is 37.5 Å². The molecule has 33 heavy (non-hydrogen) atoms. The molecule has 1 aromatic heterocycles. The van der Waals surface area contributed by atoms with Gasteiger partial charge in [-0.25, -0.2) is 13.4 Å². The van der Waals surface area contributed by atoms with Crippen LogP contribution < -0.4 is 0 Å². The Balaban J connectivity index is 1.26. The molecule has 1 aromatic carbocycles. The van der Waals surface area contributed by atoms with Gasteiger partial charge in [0, 0.05) is 65.0 Å². The van der Waals surface area contributed by atoms with Gasteiger partial charge in [0.15, 0.2) is 5.03 Å². The molecule has 4 rings (SSSR count). The minimum Gasteiger partial charge on any atom is -0.340 e. The van der Waals surface area contributed by atoms with Crippen LogP contribution in [0.4, 0.5) is 0 Å². The van der Waals surface area contributed by atoms with Crippen molar-refractivity contribution in [2.75, 3.05) is 39.3 Å². The van der Waals surface area contributed by atoms with Crippen molar-refractivity contribution in [3.8, 4) is 6.07 Å². The topological polar surface area (TPSA) is 103 Å². The lowest BCUT2D eigenvalue weighted by molar-refractivity contribution is -0.138. The van der Waals surface area contributed by atoms with Crippen LogP contribution in [0.3, 0.4) is 0 Å². The van der Waals surface area contributed by atoms with E-state index in [1.807, 2.05) is 29.2 Å². The SMILES string of the molecule is Cc1nc(S(=O)(=O)N2CCC(C(=O)N3CCN(Cc4ccc(C#N)cc4)CC3)CC2)cn1C. The average Bonchev–Trinajstić information content (AvgIpc) is 3.18. The number of carbonyl (C=O) groups is 1. The molecule has 2 aliphatic heterocycles. The van der Waals surface area contributed by atoms with Crippen molar-refractivity contribution < 1.29 is 13.2 Å². The molecule has 2 aromatic rings. The summed E-state index contributed by atoms with van der Waals surface area (Å²) in [4.78, 5) is 21.5. The lowest BCUT2D eigenvalue weighted by Gasteiger charge is -2.38. The molecule has 0 bridgehead atoms. The number of piperidine rings is 1. The number of amides is 1. The van der Waals surface area contributed by atoms with Gasteiger partial charge in [-0.2, -0.15) is 9.57 Å². The van der Waals surface area contributed by atoms with E-state index in [4.69, 9.17) is 5.26 Å². The number of piperazine rings is 1. The molecule has 2 aliphatic rings. The molecule has 0 saturated carbocycles. The zero-order chi connectivity index (χ0) is 23.6. The smallest absolute Gasteiger partial charge is 0.262 e. The standard InChI is InChI=1S/C23H30N6O3S/c1-18-25-22(17-26(18)2)33(31,32)29-9-7-21(8-10-29)23(30)28-13-11-27(12-14-28)16-20-5-3-19(15-24)4-6-20/h3-6,17,21H,7-14,16H2,1-2H3. The zero-order valence-corrected chi connectivity index (χ0v) is 20.0. The Bertz CT molecular complexity index is 1120. The molecule has 0 radical (unpaired) electrons. The Hall–Kier alpha value is -2.74. The number of nitrogens with zero attached hydrogens (tertiary/aromatic N) is 6. The lowest BCUT2D eigenvalue weighted by Crippen LogP contribution is -2.51. The van der Waals surface area contributed by atoms with E-state index in [1.54, 1.807) is 24.7 Å². The molecule has 0 atom stereocenters. The lowest BCUT2D eigenvalue weighted by atomic mass is 9.96. The molecule has 0 unspecified atom stereocenters. The summed E-state index contributed by atoms with van der Waals surface area (Å²) < 4.78 is 28.9. The predicted octanol–water partition coefficient (Wildman–Crippen LogP) is 1.35. The fraction of sp³-hybridized carbons (Fsp3) is 0.522. The van der Waals surface area contributed by atoms with Crippen molar-refractivity contribution in [1.29, 1.82) is 5.26 Å². The summed E-state index contributed by atoms with van der Waals surface area (Å²) in [5.74, 6) is 0.655. The second-order valence-electron chi connectivity index (χ2n) is 8.83. The van der Waals surface area contributed by atoms with Crippen molar-refractivity contribution in [1.82, 2.24) is 23.7 Å². The summed E-state index contributed by atoms with van der Waals surface area (Å²) in [7, 11) is -1.85. The van der Waals surface area contributed by atoms with Gasteiger partial charge in [-0.15, -0.1) is 0 Å². The number of hydrogen-bond acceptors (Lipinski definition) is 6. The van der Waals surface area contributed by atoms with Crippen molar-refractivity contribution in [2.24, 2.45) is 13.0 Å². The summed E-state index contributed by atoms with van der Waals surface area (Å²) in [6.07, 6.45) is 2.62. The Morgan fingerprint density at radius 3 is 2.27 bits per heavy atom. The molecule has 9 nitrogen and oxygen atoms in total. The van der Waals surface area contributed by atoms with E-state index in [0.717, 1.165) is 25.2 Å². The molecule has 176 valence electrons. The molecule has 1 amide bonds. The first-order valence-corrected chi connectivity index (χ1v) is 12.7. The van der Waals surface area contributed by atoms with E-state index in [1.165, 1.54) is 4.31 Å². The van der Waals surface area contributed by atoms with Gasteiger partial charge in [0.25, 0.3) is 10.0 Å². The Labute approximate surface area is 195 Å². The first-order chi connectivity index (χ1) is 15.8. The van der Waals surface area contributed by atoms with E-state index in [2.05, 4.69) is 16.0 Å². The maximum absolute atomic E-state index is 13.1.